The number of alkyl carbamates (subject to hydrolysis) is 1. The molecule has 34 heavy (non-hydrogen) atoms. The van der Waals surface area contributed by atoms with Crippen LogP contribution in [0.5, 0.6) is 0 Å². The number of carbonyl (C=O) groups excluding carboxylic acids is 4. The molecule has 0 saturated carbocycles. The molecule has 0 aromatic heterocycles. The summed E-state index contributed by atoms with van der Waals surface area (Å²) < 4.78 is 15.5. The molecule has 1 aliphatic heterocycles. The van der Waals surface area contributed by atoms with Crippen LogP contribution < -0.4 is 10.6 Å². The van der Waals surface area contributed by atoms with E-state index >= 15 is 0 Å². The van der Waals surface area contributed by atoms with Crippen LogP contribution in [0.3, 0.4) is 0 Å². The van der Waals surface area contributed by atoms with Crippen molar-refractivity contribution in [2.75, 3.05) is 26.2 Å². The third kappa shape index (κ3) is 9.29. The van der Waals surface area contributed by atoms with Gasteiger partial charge in [0, 0.05) is 19.6 Å². The van der Waals surface area contributed by atoms with Gasteiger partial charge in [-0.3, -0.25) is 4.79 Å². The van der Waals surface area contributed by atoms with Crippen LogP contribution in [0, 0.1) is 5.92 Å². The number of benzene rings is 1. The van der Waals surface area contributed by atoms with Crippen molar-refractivity contribution in [3.63, 3.8) is 0 Å². The SMILES string of the molecule is CCOC(=O)[C@H](CNC(=O)[C@@H]1CCCN(C(=O)OCc2ccccc2)C1)NC(=O)OC(C)(C)C. The molecular weight excluding hydrogens is 442 g/mol. The van der Waals surface area contributed by atoms with Crippen molar-refractivity contribution >= 4 is 24.1 Å². The first-order chi connectivity index (χ1) is 16.1. The molecule has 2 rings (SSSR count). The van der Waals surface area contributed by atoms with Gasteiger partial charge in [-0.05, 0) is 46.1 Å². The summed E-state index contributed by atoms with van der Waals surface area (Å²) in [5.41, 5.74) is 0.136. The third-order valence-corrected chi connectivity index (χ3v) is 5.00. The van der Waals surface area contributed by atoms with Gasteiger partial charge in [-0.25, -0.2) is 14.4 Å². The Morgan fingerprint density at radius 1 is 1.12 bits per heavy atom. The maximum absolute atomic E-state index is 12.8. The summed E-state index contributed by atoms with van der Waals surface area (Å²) in [6, 6.07) is 8.25. The summed E-state index contributed by atoms with van der Waals surface area (Å²) in [5, 5.41) is 5.13. The number of nitrogens with one attached hydrogen (secondary N) is 2. The fraction of sp³-hybridized carbons (Fsp3) is 0.583. The van der Waals surface area contributed by atoms with Crippen LogP contribution in [0.15, 0.2) is 30.3 Å². The highest BCUT2D eigenvalue weighted by Crippen LogP contribution is 2.18. The number of piperidine rings is 1. The van der Waals surface area contributed by atoms with Gasteiger partial charge in [0.25, 0.3) is 0 Å². The van der Waals surface area contributed by atoms with Gasteiger partial charge < -0.3 is 29.7 Å². The molecule has 1 aromatic rings. The fourth-order valence-electron chi connectivity index (χ4n) is 3.40. The lowest BCUT2D eigenvalue weighted by Crippen LogP contribution is -2.52. The molecule has 1 aromatic carbocycles. The predicted octanol–water partition coefficient (Wildman–Crippen LogP) is 2.61. The normalized spacial score (nSPS) is 16.7. The minimum Gasteiger partial charge on any atom is -0.464 e. The molecule has 0 radical (unpaired) electrons. The van der Waals surface area contributed by atoms with E-state index in [1.54, 1.807) is 27.7 Å². The minimum absolute atomic E-state index is 0.127. The van der Waals surface area contributed by atoms with Crippen LogP contribution in [0.25, 0.3) is 0 Å². The lowest BCUT2D eigenvalue weighted by atomic mass is 9.97. The molecule has 3 amide bonds. The van der Waals surface area contributed by atoms with E-state index in [9.17, 15) is 19.2 Å². The van der Waals surface area contributed by atoms with Gasteiger partial charge in [0.05, 0.1) is 12.5 Å². The van der Waals surface area contributed by atoms with E-state index < -0.39 is 35.7 Å². The van der Waals surface area contributed by atoms with E-state index in [-0.39, 0.29) is 32.2 Å². The average Bonchev–Trinajstić information content (AvgIpc) is 2.79. The second-order valence-electron chi connectivity index (χ2n) is 9.02. The molecule has 2 N–H and O–H groups in total. The Labute approximate surface area is 200 Å². The van der Waals surface area contributed by atoms with Crippen molar-refractivity contribution in [1.29, 1.82) is 0 Å². The van der Waals surface area contributed by atoms with Crippen LogP contribution in [-0.4, -0.2) is 66.8 Å². The maximum Gasteiger partial charge on any atom is 0.410 e. The molecule has 0 bridgehead atoms. The highest BCUT2D eigenvalue weighted by Gasteiger charge is 2.31. The number of rotatable bonds is 8. The topological polar surface area (TPSA) is 123 Å². The van der Waals surface area contributed by atoms with Crippen molar-refractivity contribution in [3.05, 3.63) is 35.9 Å². The van der Waals surface area contributed by atoms with Crippen LogP contribution >= 0.6 is 0 Å². The summed E-state index contributed by atoms with van der Waals surface area (Å²) in [6.45, 7) is 7.59. The Kier molecular flexibility index (Phi) is 10.2. The lowest BCUT2D eigenvalue weighted by molar-refractivity contribution is -0.145. The zero-order chi connectivity index (χ0) is 25.1. The first kappa shape index (κ1) is 26.9. The molecule has 2 atom stereocenters. The van der Waals surface area contributed by atoms with Crippen molar-refractivity contribution in [2.45, 2.75) is 58.8 Å². The molecule has 10 heteroatoms. The van der Waals surface area contributed by atoms with Gasteiger partial charge in [0.2, 0.25) is 5.91 Å². The third-order valence-electron chi connectivity index (χ3n) is 5.00. The Bertz CT molecular complexity index is 839. The Balaban J connectivity index is 1.88. The lowest BCUT2D eigenvalue weighted by Gasteiger charge is -2.31. The first-order valence-corrected chi connectivity index (χ1v) is 11.5. The minimum atomic E-state index is -1.10. The summed E-state index contributed by atoms with van der Waals surface area (Å²) >= 11 is 0. The van der Waals surface area contributed by atoms with Crippen molar-refractivity contribution in [1.82, 2.24) is 15.5 Å². The van der Waals surface area contributed by atoms with Gasteiger partial charge >= 0.3 is 18.2 Å². The quantitative estimate of drug-likeness (QED) is 0.436. The standard InChI is InChI=1S/C24H35N3O7/c1-5-32-21(29)19(26-22(30)34-24(2,3)4)14-25-20(28)18-12-9-13-27(15-18)23(31)33-16-17-10-7-6-8-11-17/h6-8,10-11,18-19H,5,9,12-16H2,1-4H3,(H,25,28)(H,26,30)/t18-,19+/m1/s1. The number of carbonyl (C=O) groups is 4. The summed E-state index contributed by atoms with van der Waals surface area (Å²) in [4.78, 5) is 51.1. The van der Waals surface area contributed by atoms with Crippen LogP contribution in [0.2, 0.25) is 0 Å². The predicted molar refractivity (Wildman–Crippen MR) is 124 cm³/mol. The molecule has 1 aliphatic rings. The largest absolute Gasteiger partial charge is 0.464 e. The molecule has 0 unspecified atom stereocenters. The van der Waals surface area contributed by atoms with Crippen molar-refractivity contribution in [2.24, 2.45) is 5.92 Å². The molecule has 188 valence electrons. The number of esters is 1. The molecular formula is C24H35N3O7. The molecule has 0 spiro atoms. The summed E-state index contributed by atoms with van der Waals surface area (Å²) in [6.07, 6.45) is -0.0180. The average molecular weight is 478 g/mol. The number of likely N-dealkylation sites (tertiary alicyclic amines) is 1. The van der Waals surface area contributed by atoms with E-state index in [1.165, 1.54) is 4.90 Å². The van der Waals surface area contributed by atoms with E-state index in [1.807, 2.05) is 30.3 Å². The number of amides is 3. The first-order valence-electron chi connectivity index (χ1n) is 11.5. The Morgan fingerprint density at radius 2 is 1.82 bits per heavy atom. The molecule has 1 saturated heterocycles. The van der Waals surface area contributed by atoms with Gasteiger partial charge in [-0.15, -0.1) is 0 Å². The second kappa shape index (κ2) is 12.8. The van der Waals surface area contributed by atoms with Crippen molar-refractivity contribution < 1.29 is 33.4 Å². The second-order valence-corrected chi connectivity index (χ2v) is 9.02. The number of hydrogen-bond acceptors (Lipinski definition) is 7. The van der Waals surface area contributed by atoms with Gasteiger partial charge in [-0.1, -0.05) is 30.3 Å². The Morgan fingerprint density at radius 3 is 2.47 bits per heavy atom. The zero-order valence-corrected chi connectivity index (χ0v) is 20.3. The molecule has 0 aliphatic carbocycles. The van der Waals surface area contributed by atoms with E-state index in [4.69, 9.17) is 14.2 Å². The highest BCUT2D eigenvalue weighted by molar-refractivity contribution is 5.84. The van der Waals surface area contributed by atoms with Crippen molar-refractivity contribution in [3.8, 4) is 0 Å². The Hall–Kier alpha value is -3.30. The number of nitrogens with zero attached hydrogens (tertiary/aromatic N) is 1. The fourth-order valence-corrected chi connectivity index (χ4v) is 3.40. The van der Waals surface area contributed by atoms with Gasteiger partial charge in [0.1, 0.15) is 18.2 Å². The van der Waals surface area contributed by atoms with Crippen LogP contribution in [0.1, 0.15) is 46.1 Å². The van der Waals surface area contributed by atoms with Gasteiger partial charge in [-0.2, -0.15) is 0 Å². The van der Waals surface area contributed by atoms with Gasteiger partial charge in [0.15, 0.2) is 0 Å². The van der Waals surface area contributed by atoms with Crippen LogP contribution in [-0.2, 0) is 30.4 Å². The maximum atomic E-state index is 12.8. The van der Waals surface area contributed by atoms with Crippen LogP contribution in [0.4, 0.5) is 9.59 Å². The molecule has 10 nitrogen and oxygen atoms in total. The number of hydrogen-bond donors (Lipinski definition) is 2. The van der Waals surface area contributed by atoms with E-state index in [2.05, 4.69) is 10.6 Å². The summed E-state index contributed by atoms with van der Waals surface area (Å²) in [5.74, 6) is -1.45. The molecule has 1 heterocycles. The van der Waals surface area contributed by atoms with E-state index in [0.29, 0.717) is 19.4 Å². The monoisotopic (exact) mass is 477 g/mol. The summed E-state index contributed by atoms with van der Waals surface area (Å²) in [7, 11) is 0. The smallest absolute Gasteiger partial charge is 0.410 e. The zero-order valence-electron chi connectivity index (χ0n) is 20.3. The number of ether oxygens (including phenoxy) is 3. The molecule has 1 fully saturated rings. The van der Waals surface area contributed by atoms with E-state index in [0.717, 1.165) is 5.56 Å². The highest BCUT2D eigenvalue weighted by atomic mass is 16.6.